The van der Waals surface area contributed by atoms with Gasteiger partial charge < -0.3 is 19.2 Å². The third kappa shape index (κ3) is 4.64. The Kier molecular flexibility index (Phi) is 6.79. The molecule has 7 heteroatoms. The van der Waals surface area contributed by atoms with Gasteiger partial charge >= 0.3 is 0 Å². The highest BCUT2D eigenvalue weighted by Gasteiger charge is 2.25. The van der Waals surface area contributed by atoms with Crippen LogP contribution in [-0.2, 0) is 0 Å². The molecule has 0 saturated heterocycles. The lowest BCUT2D eigenvalue weighted by Crippen LogP contribution is -2.16. The molecule has 1 amide bonds. The first kappa shape index (κ1) is 22.6. The standard InChI is InChI=1S/C26H22BrNO5/c1-3-14-32-20-10-6-5-9-18(20)26(30)28-23-17-8-4-7-11-21(17)33-25(23)24(29)16-12-13-22(31-2)19(27)15-16/h4-13,15H,3,14H2,1-2H3,(H,28,30). The van der Waals surface area contributed by atoms with Crippen molar-refractivity contribution < 1.29 is 23.5 Å². The molecule has 0 aliphatic carbocycles. The summed E-state index contributed by atoms with van der Waals surface area (Å²) in [4.78, 5) is 26.6. The molecule has 0 fully saturated rings. The van der Waals surface area contributed by atoms with Crippen LogP contribution in [0.1, 0.15) is 39.8 Å². The molecule has 168 valence electrons. The Bertz CT molecular complexity index is 1330. The van der Waals surface area contributed by atoms with Gasteiger partial charge in [-0.3, -0.25) is 9.59 Å². The average molecular weight is 508 g/mol. The molecule has 1 aromatic heterocycles. The van der Waals surface area contributed by atoms with Gasteiger partial charge in [-0.1, -0.05) is 31.2 Å². The Balaban J connectivity index is 1.74. The number of para-hydroxylation sites is 2. The fourth-order valence-corrected chi connectivity index (χ4v) is 3.98. The van der Waals surface area contributed by atoms with E-state index in [1.54, 1.807) is 55.6 Å². The van der Waals surface area contributed by atoms with Crippen LogP contribution in [0.4, 0.5) is 5.69 Å². The van der Waals surface area contributed by atoms with Crippen molar-refractivity contribution in [2.24, 2.45) is 0 Å². The van der Waals surface area contributed by atoms with E-state index in [1.807, 2.05) is 25.1 Å². The zero-order chi connectivity index (χ0) is 23.4. The van der Waals surface area contributed by atoms with Gasteiger partial charge in [0, 0.05) is 10.9 Å². The van der Waals surface area contributed by atoms with Crippen molar-refractivity contribution in [3.8, 4) is 11.5 Å². The van der Waals surface area contributed by atoms with E-state index < -0.39 is 5.91 Å². The van der Waals surface area contributed by atoms with Gasteiger partial charge in [0.05, 0.1) is 29.4 Å². The lowest BCUT2D eigenvalue weighted by Gasteiger charge is -2.11. The summed E-state index contributed by atoms with van der Waals surface area (Å²) in [6.07, 6.45) is 0.818. The van der Waals surface area contributed by atoms with Gasteiger partial charge in [0.1, 0.15) is 17.1 Å². The van der Waals surface area contributed by atoms with E-state index in [2.05, 4.69) is 21.2 Å². The van der Waals surface area contributed by atoms with Gasteiger partial charge in [-0.05, 0) is 64.8 Å². The maximum atomic E-state index is 13.4. The number of halogens is 1. The number of fused-ring (bicyclic) bond motifs is 1. The van der Waals surface area contributed by atoms with Crippen LogP contribution >= 0.6 is 15.9 Å². The number of carbonyl (C=O) groups is 2. The summed E-state index contributed by atoms with van der Waals surface area (Å²) < 4.78 is 17.5. The monoisotopic (exact) mass is 507 g/mol. The summed E-state index contributed by atoms with van der Waals surface area (Å²) >= 11 is 3.41. The lowest BCUT2D eigenvalue weighted by atomic mass is 10.1. The molecule has 0 saturated carbocycles. The highest BCUT2D eigenvalue weighted by molar-refractivity contribution is 9.10. The number of amides is 1. The quantitative estimate of drug-likeness (QED) is 0.276. The number of benzene rings is 3. The highest BCUT2D eigenvalue weighted by atomic mass is 79.9. The number of anilines is 1. The van der Waals surface area contributed by atoms with Crippen LogP contribution in [0.5, 0.6) is 11.5 Å². The van der Waals surface area contributed by atoms with Gasteiger partial charge in [-0.25, -0.2) is 0 Å². The smallest absolute Gasteiger partial charge is 0.259 e. The molecule has 0 radical (unpaired) electrons. The highest BCUT2D eigenvalue weighted by Crippen LogP contribution is 2.35. The average Bonchev–Trinajstić information content (AvgIpc) is 3.20. The van der Waals surface area contributed by atoms with Gasteiger partial charge in [-0.2, -0.15) is 0 Å². The molecular weight excluding hydrogens is 486 g/mol. The van der Waals surface area contributed by atoms with Crippen LogP contribution in [0.25, 0.3) is 11.0 Å². The Hall–Kier alpha value is -3.58. The number of methoxy groups -OCH3 is 1. The van der Waals surface area contributed by atoms with Crippen LogP contribution in [-0.4, -0.2) is 25.4 Å². The first-order valence-corrected chi connectivity index (χ1v) is 11.3. The number of hydrogen-bond acceptors (Lipinski definition) is 5. The minimum Gasteiger partial charge on any atom is -0.496 e. The van der Waals surface area contributed by atoms with E-state index in [9.17, 15) is 9.59 Å². The van der Waals surface area contributed by atoms with Crippen molar-refractivity contribution in [3.63, 3.8) is 0 Å². The molecular formula is C26H22BrNO5. The van der Waals surface area contributed by atoms with Crippen molar-refractivity contribution in [1.82, 2.24) is 0 Å². The van der Waals surface area contributed by atoms with Crippen molar-refractivity contribution in [2.75, 3.05) is 19.0 Å². The fraction of sp³-hybridized carbons (Fsp3) is 0.154. The van der Waals surface area contributed by atoms with Crippen LogP contribution < -0.4 is 14.8 Å². The molecule has 0 atom stereocenters. The predicted molar refractivity (Wildman–Crippen MR) is 131 cm³/mol. The second-order valence-electron chi connectivity index (χ2n) is 7.28. The number of ether oxygens (including phenoxy) is 2. The van der Waals surface area contributed by atoms with Gasteiger partial charge in [-0.15, -0.1) is 0 Å². The van der Waals surface area contributed by atoms with Gasteiger partial charge in [0.25, 0.3) is 5.91 Å². The van der Waals surface area contributed by atoms with Crippen molar-refractivity contribution in [2.45, 2.75) is 13.3 Å². The zero-order valence-electron chi connectivity index (χ0n) is 18.2. The maximum absolute atomic E-state index is 13.4. The summed E-state index contributed by atoms with van der Waals surface area (Å²) in [5, 5.41) is 3.52. The summed E-state index contributed by atoms with van der Waals surface area (Å²) in [5.74, 6) is 0.386. The Labute approximate surface area is 199 Å². The van der Waals surface area contributed by atoms with E-state index in [-0.39, 0.29) is 11.5 Å². The minimum absolute atomic E-state index is 0.0496. The van der Waals surface area contributed by atoms with Crippen LogP contribution in [0, 0.1) is 0 Å². The largest absolute Gasteiger partial charge is 0.496 e. The molecule has 0 spiro atoms. The van der Waals surface area contributed by atoms with E-state index >= 15 is 0 Å². The van der Waals surface area contributed by atoms with Crippen LogP contribution in [0.15, 0.2) is 75.6 Å². The second kappa shape index (κ2) is 9.92. The molecule has 4 aromatic rings. The number of hydrogen-bond donors (Lipinski definition) is 1. The number of rotatable bonds is 8. The number of furan rings is 1. The first-order chi connectivity index (χ1) is 16.0. The molecule has 3 aromatic carbocycles. The number of ketones is 1. The molecule has 1 N–H and O–H groups in total. The SMILES string of the molecule is CCCOc1ccccc1C(=O)Nc1c(C(=O)c2ccc(OC)c(Br)c2)oc2ccccc12. The van der Waals surface area contributed by atoms with Crippen molar-refractivity contribution >= 4 is 44.3 Å². The van der Waals surface area contributed by atoms with E-state index in [0.29, 0.717) is 50.4 Å². The molecule has 0 unspecified atom stereocenters. The van der Waals surface area contributed by atoms with E-state index in [1.165, 1.54) is 0 Å². The second-order valence-corrected chi connectivity index (χ2v) is 8.13. The number of nitrogens with one attached hydrogen (secondary N) is 1. The molecule has 0 aliphatic heterocycles. The maximum Gasteiger partial charge on any atom is 0.259 e. The normalized spacial score (nSPS) is 10.8. The molecule has 1 heterocycles. The Morgan fingerprint density at radius 1 is 1.00 bits per heavy atom. The van der Waals surface area contributed by atoms with Crippen LogP contribution in [0.2, 0.25) is 0 Å². The third-order valence-corrected chi connectivity index (χ3v) is 5.67. The minimum atomic E-state index is -0.391. The molecule has 6 nitrogen and oxygen atoms in total. The van der Waals surface area contributed by atoms with Gasteiger partial charge in [0.2, 0.25) is 5.78 Å². The molecule has 33 heavy (non-hydrogen) atoms. The fourth-order valence-electron chi connectivity index (χ4n) is 3.44. The van der Waals surface area contributed by atoms with Crippen molar-refractivity contribution in [3.05, 3.63) is 88.1 Å². The first-order valence-electron chi connectivity index (χ1n) is 10.5. The third-order valence-electron chi connectivity index (χ3n) is 5.05. The Morgan fingerprint density at radius 2 is 1.76 bits per heavy atom. The summed E-state index contributed by atoms with van der Waals surface area (Å²) in [7, 11) is 1.55. The lowest BCUT2D eigenvalue weighted by molar-refractivity contribution is 0.101. The summed E-state index contributed by atoms with van der Waals surface area (Å²) in [5.41, 5.74) is 1.59. The summed E-state index contributed by atoms with van der Waals surface area (Å²) in [6.45, 7) is 2.49. The van der Waals surface area contributed by atoms with E-state index in [4.69, 9.17) is 13.9 Å². The molecule has 4 rings (SSSR count). The number of carbonyl (C=O) groups excluding carboxylic acids is 2. The van der Waals surface area contributed by atoms with Crippen LogP contribution in [0.3, 0.4) is 0 Å². The molecule has 0 bridgehead atoms. The van der Waals surface area contributed by atoms with Crippen molar-refractivity contribution in [1.29, 1.82) is 0 Å². The van der Waals surface area contributed by atoms with E-state index in [0.717, 1.165) is 6.42 Å². The predicted octanol–water partition coefficient (Wildman–Crippen LogP) is 6.48. The Morgan fingerprint density at radius 3 is 2.52 bits per heavy atom. The van der Waals surface area contributed by atoms with Gasteiger partial charge in [0.15, 0.2) is 5.76 Å². The topological polar surface area (TPSA) is 77.8 Å². The molecule has 0 aliphatic rings. The summed E-state index contributed by atoms with van der Waals surface area (Å²) in [6, 6.07) is 19.2. The zero-order valence-corrected chi connectivity index (χ0v) is 19.8.